The largest absolute Gasteiger partial charge is 0.486 e. The summed E-state index contributed by atoms with van der Waals surface area (Å²) in [4.78, 5) is 13.8. The van der Waals surface area contributed by atoms with Crippen LogP contribution in [0.1, 0.15) is 19.8 Å². The smallest absolute Gasteiger partial charge is 0.262 e. The fourth-order valence-electron chi connectivity index (χ4n) is 3.12. The van der Waals surface area contributed by atoms with E-state index in [-0.39, 0.29) is 16.8 Å². The Morgan fingerprint density at radius 3 is 2.48 bits per heavy atom. The van der Waals surface area contributed by atoms with E-state index in [1.54, 1.807) is 35.2 Å². The first-order valence-electron chi connectivity index (χ1n) is 8.77. The molecule has 1 aliphatic heterocycles. The van der Waals surface area contributed by atoms with Crippen molar-refractivity contribution in [1.29, 1.82) is 0 Å². The lowest BCUT2D eigenvalue weighted by Gasteiger charge is -2.24. The van der Waals surface area contributed by atoms with Gasteiger partial charge in [-0.2, -0.15) is 0 Å². The second kappa shape index (κ2) is 6.77. The molecule has 7 nitrogen and oxygen atoms in total. The third kappa shape index (κ3) is 3.57. The van der Waals surface area contributed by atoms with Crippen LogP contribution in [0, 0.1) is 0 Å². The predicted octanol–water partition coefficient (Wildman–Crippen LogP) is 2.77. The van der Waals surface area contributed by atoms with E-state index in [9.17, 15) is 13.2 Å². The minimum atomic E-state index is -3.86. The Balaban J connectivity index is 1.67. The van der Waals surface area contributed by atoms with Crippen molar-refractivity contribution in [2.45, 2.75) is 30.7 Å². The van der Waals surface area contributed by atoms with E-state index in [0.717, 1.165) is 12.8 Å². The molecule has 0 atom stereocenters. The summed E-state index contributed by atoms with van der Waals surface area (Å²) in [6.07, 6.45) is 1.84. The highest BCUT2D eigenvalue weighted by molar-refractivity contribution is 7.92. The third-order valence-corrected chi connectivity index (χ3v) is 5.85. The van der Waals surface area contributed by atoms with Crippen molar-refractivity contribution >= 4 is 27.3 Å². The molecule has 2 aromatic carbocycles. The molecule has 1 amide bonds. The van der Waals surface area contributed by atoms with Gasteiger partial charge < -0.3 is 14.4 Å². The molecule has 142 valence electrons. The van der Waals surface area contributed by atoms with Gasteiger partial charge in [0.25, 0.3) is 10.0 Å². The molecule has 0 unspecified atom stereocenters. The number of anilines is 2. The monoisotopic (exact) mass is 388 g/mol. The maximum Gasteiger partial charge on any atom is 0.262 e. The zero-order chi connectivity index (χ0) is 19.0. The highest BCUT2D eigenvalue weighted by atomic mass is 32.2. The predicted molar refractivity (Wildman–Crippen MR) is 101 cm³/mol. The van der Waals surface area contributed by atoms with Crippen molar-refractivity contribution in [1.82, 2.24) is 0 Å². The Bertz CT molecular complexity index is 985. The molecule has 0 aromatic heterocycles. The van der Waals surface area contributed by atoms with E-state index in [1.807, 2.05) is 0 Å². The molecule has 1 N–H and O–H groups in total. The van der Waals surface area contributed by atoms with Gasteiger partial charge in [0.05, 0.1) is 16.3 Å². The summed E-state index contributed by atoms with van der Waals surface area (Å²) in [5.41, 5.74) is 0.933. The van der Waals surface area contributed by atoms with Gasteiger partial charge in [0, 0.05) is 19.0 Å². The summed E-state index contributed by atoms with van der Waals surface area (Å²) >= 11 is 0. The number of nitrogens with zero attached hydrogens (tertiary/aromatic N) is 1. The molecule has 0 bridgehead atoms. The van der Waals surface area contributed by atoms with Crippen molar-refractivity contribution in [3.05, 3.63) is 42.5 Å². The summed E-state index contributed by atoms with van der Waals surface area (Å²) in [5, 5.41) is 0. The number of sulfonamides is 1. The first-order valence-corrected chi connectivity index (χ1v) is 10.3. The van der Waals surface area contributed by atoms with Crippen LogP contribution in [-0.4, -0.2) is 33.6 Å². The zero-order valence-electron chi connectivity index (χ0n) is 14.8. The number of hydrogen-bond acceptors (Lipinski definition) is 5. The standard InChI is InChI=1S/C19H20N2O5S/c1-13(22)21(14-6-7-14)17-5-3-2-4-16(17)20-27(23,24)15-8-9-18-19(12-15)26-11-10-25-18/h2-5,8-9,12,14,20H,6-7,10-11H2,1H3. The topological polar surface area (TPSA) is 84.9 Å². The first-order chi connectivity index (χ1) is 13.0. The van der Waals surface area contributed by atoms with Crippen molar-refractivity contribution in [2.75, 3.05) is 22.8 Å². The average Bonchev–Trinajstić information content (AvgIpc) is 3.47. The van der Waals surface area contributed by atoms with E-state index in [4.69, 9.17) is 9.47 Å². The fourth-order valence-corrected chi connectivity index (χ4v) is 4.21. The third-order valence-electron chi connectivity index (χ3n) is 4.48. The lowest BCUT2D eigenvalue weighted by atomic mass is 10.2. The number of hydrogen-bond donors (Lipinski definition) is 1. The summed E-state index contributed by atoms with van der Waals surface area (Å²) in [6, 6.07) is 11.6. The lowest BCUT2D eigenvalue weighted by Crippen LogP contribution is -2.31. The van der Waals surface area contributed by atoms with Crippen LogP contribution in [0.2, 0.25) is 0 Å². The number of amides is 1. The molecule has 1 aliphatic carbocycles. The number of para-hydroxylation sites is 2. The Kier molecular flexibility index (Phi) is 4.43. The highest BCUT2D eigenvalue weighted by Crippen LogP contribution is 2.37. The molecule has 1 heterocycles. The molecule has 2 aromatic rings. The summed E-state index contributed by atoms with van der Waals surface area (Å²) < 4.78 is 39.3. The van der Waals surface area contributed by atoms with Gasteiger partial charge in [-0.05, 0) is 37.1 Å². The number of carbonyl (C=O) groups is 1. The van der Waals surface area contributed by atoms with Crippen molar-refractivity contribution in [3.63, 3.8) is 0 Å². The van der Waals surface area contributed by atoms with Crippen LogP contribution in [0.3, 0.4) is 0 Å². The number of fused-ring (bicyclic) bond motifs is 1. The van der Waals surface area contributed by atoms with Gasteiger partial charge in [-0.15, -0.1) is 0 Å². The van der Waals surface area contributed by atoms with Crippen LogP contribution < -0.4 is 19.1 Å². The van der Waals surface area contributed by atoms with Crippen LogP contribution >= 0.6 is 0 Å². The maximum atomic E-state index is 12.9. The maximum absolute atomic E-state index is 12.9. The van der Waals surface area contributed by atoms with Crippen LogP contribution in [0.15, 0.2) is 47.4 Å². The normalized spacial score (nSPS) is 15.9. The SMILES string of the molecule is CC(=O)N(c1ccccc1NS(=O)(=O)c1ccc2c(c1)OCCO2)C1CC1. The minimum Gasteiger partial charge on any atom is -0.486 e. The molecule has 27 heavy (non-hydrogen) atoms. The van der Waals surface area contributed by atoms with Gasteiger partial charge in [-0.3, -0.25) is 9.52 Å². The average molecular weight is 388 g/mol. The highest BCUT2D eigenvalue weighted by Gasteiger charge is 2.33. The molecule has 0 saturated heterocycles. The van der Waals surface area contributed by atoms with E-state index in [1.165, 1.54) is 19.1 Å². The zero-order valence-corrected chi connectivity index (χ0v) is 15.7. The Labute approximate surface area is 157 Å². The van der Waals surface area contributed by atoms with Gasteiger partial charge in [-0.25, -0.2) is 8.42 Å². The van der Waals surface area contributed by atoms with E-state index < -0.39 is 10.0 Å². The summed E-state index contributed by atoms with van der Waals surface area (Å²) in [5.74, 6) is 0.821. The molecule has 8 heteroatoms. The summed E-state index contributed by atoms with van der Waals surface area (Å²) in [6.45, 7) is 2.30. The molecule has 1 saturated carbocycles. The van der Waals surface area contributed by atoms with Gasteiger partial charge >= 0.3 is 0 Å². The molecular formula is C19H20N2O5S. The first kappa shape index (κ1) is 17.7. The molecule has 4 rings (SSSR count). The number of ether oxygens (including phenoxy) is 2. The molecule has 1 fully saturated rings. The van der Waals surface area contributed by atoms with E-state index in [0.29, 0.717) is 36.1 Å². The Hall–Kier alpha value is -2.74. The van der Waals surface area contributed by atoms with Crippen molar-refractivity contribution in [2.24, 2.45) is 0 Å². The van der Waals surface area contributed by atoms with Gasteiger partial charge in [0.15, 0.2) is 11.5 Å². The van der Waals surface area contributed by atoms with Gasteiger partial charge in [0.2, 0.25) is 5.91 Å². The molecule has 2 aliphatic rings. The van der Waals surface area contributed by atoms with Gasteiger partial charge in [-0.1, -0.05) is 12.1 Å². The van der Waals surface area contributed by atoms with Gasteiger partial charge in [0.1, 0.15) is 13.2 Å². The lowest BCUT2D eigenvalue weighted by molar-refractivity contribution is -0.116. The number of benzene rings is 2. The van der Waals surface area contributed by atoms with Crippen molar-refractivity contribution < 1.29 is 22.7 Å². The second-order valence-electron chi connectivity index (χ2n) is 6.55. The van der Waals surface area contributed by atoms with Crippen LogP contribution in [0.25, 0.3) is 0 Å². The fraction of sp³-hybridized carbons (Fsp3) is 0.316. The summed E-state index contributed by atoms with van der Waals surface area (Å²) in [7, 11) is -3.86. The van der Waals surface area contributed by atoms with Crippen molar-refractivity contribution in [3.8, 4) is 11.5 Å². The number of nitrogens with one attached hydrogen (secondary N) is 1. The molecular weight excluding hydrogens is 368 g/mol. The van der Waals surface area contributed by atoms with E-state index >= 15 is 0 Å². The van der Waals surface area contributed by atoms with Crippen LogP contribution in [-0.2, 0) is 14.8 Å². The molecule has 0 radical (unpaired) electrons. The Morgan fingerprint density at radius 1 is 1.07 bits per heavy atom. The van der Waals surface area contributed by atoms with E-state index in [2.05, 4.69) is 4.72 Å². The van der Waals surface area contributed by atoms with Crippen LogP contribution in [0.5, 0.6) is 11.5 Å². The second-order valence-corrected chi connectivity index (χ2v) is 8.23. The number of carbonyl (C=O) groups excluding carboxylic acids is 1. The quantitative estimate of drug-likeness (QED) is 0.851. The Morgan fingerprint density at radius 2 is 1.78 bits per heavy atom. The molecule has 0 spiro atoms. The van der Waals surface area contributed by atoms with Crippen LogP contribution in [0.4, 0.5) is 11.4 Å². The minimum absolute atomic E-state index is 0.0716. The number of rotatable bonds is 5.